The fourth-order valence-corrected chi connectivity index (χ4v) is 1.82. The molecule has 0 bridgehead atoms. The van der Waals surface area contributed by atoms with Crippen LogP contribution in [0.25, 0.3) is 0 Å². The van der Waals surface area contributed by atoms with Crippen LogP contribution in [0.1, 0.15) is 19.4 Å². The molecule has 0 aliphatic carbocycles. The lowest BCUT2D eigenvalue weighted by molar-refractivity contribution is -0.385. The second kappa shape index (κ2) is 6.68. The molecule has 0 saturated carbocycles. The summed E-state index contributed by atoms with van der Waals surface area (Å²) in [4.78, 5) is 10.4. The Kier molecular flexibility index (Phi) is 5.53. The van der Waals surface area contributed by atoms with E-state index in [0.717, 1.165) is 0 Å². The van der Waals surface area contributed by atoms with Crippen molar-refractivity contribution in [2.75, 3.05) is 6.61 Å². The molecule has 0 spiro atoms. The SMILES string of the molecule is CC(C)[C@@H](CO)NCc1cc(Cl)ccc1[N+](=O)[O-]. The largest absolute Gasteiger partial charge is 0.395 e. The summed E-state index contributed by atoms with van der Waals surface area (Å²) in [6.45, 7) is 4.24. The number of hydrogen-bond acceptors (Lipinski definition) is 4. The van der Waals surface area contributed by atoms with E-state index in [0.29, 0.717) is 17.1 Å². The van der Waals surface area contributed by atoms with Crippen LogP contribution in [-0.2, 0) is 6.54 Å². The zero-order valence-electron chi connectivity index (χ0n) is 10.4. The second-order valence-corrected chi connectivity index (χ2v) is 4.88. The predicted octanol–water partition coefficient (Wildman–Crippen LogP) is 2.35. The summed E-state index contributed by atoms with van der Waals surface area (Å²) in [5, 5.41) is 23.6. The second-order valence-electron chi connectivity index (χ2n) is 4.44. The number of nitro benzene ring substituents is 1. The molecule has 0 aromatic heterocycles. The fraction of sp³-hybridized carbons (Fsp3) is 0.500. The Morgan fingerprint density at radius 1 is 1.50 bits per heavy atom. The average Bonchev–Trinajstić information content (AvgIpc) is 2.29. The molecule has 1 rings (SSSR count). The molecule has 1 aromatic carbocycles. The predicted molar refractivity (Wildman–Crippen MR) is 70.7 cm³/mol. The smallest absolute Gasteiger partial charge is 0.273 e. The van der Waals surface area contributed by atoms with Gasteiger partial charge in [0.1, 0.15) is 0 Å². The van der Waals surface area contributed by atoms with E-state index in [4.69, 9.17) is 11.6 Å². The minimum Gasteiger partial charge on any atom is -0.395 e. The van der Waals surface area contributed by atoms with E-state index in [1.807, 2.05) is 13.8 Å². The summed E-state index contributed by atoms with van der Waals surface area (Å²) < 4.78 is 0. The topological polar surface area (TPSA) is 75.4 Å². The Balaban J connectivity index is 2.83. The summed E-state index contributed by atoms with van der Waals surface area (Å²) in [6.07, 6.45) is 0. The lowest BCUT2D eigenvalue weighted by Gasteiger charge is -2.19. The van der Waals surface area contributed by atoms with Crippen molar-refractivity contribution in [3.8, 4) is 0 Å². The molecule has 6 heteroatoms. The fourth-order valence-electron chi connectivity index (χ4n) is 1.63. The van der Waals surface area contributed by atoms with Crippen LogP contribution in [0.2, 0.25) is 5.02 Å². The highest BCUT2D eigenvalue weighted by molar-refractivity contribution is 6.30. The van der Waals surface area contributed by atoms with Crippen LogP contribution in [0.3, 0.4) is 0 Å². The zero-order valence-corrected chi connectivity index (χ0v) is 11.1. The molecule has 0 aliphatic rings. The van der Waals surface area contributed by atoms with Crippen molar-refractivity contribution in [3.05, 3.63) is 38.9 Å². The summed E-state index contributed by atoms with van der Waals surface area (Å²) >= 11 is 5.83. The van der Waals surface area contributed by atoms with Gasteiger partial charge in [-0.3, -0.25) is 10.1 Å². The highest BCUT2D eigenvalue weighted by Gasteiger charge is 2.16. The van der Waals surface area contributed by atoms with Crippen molar-refractivity contribution < 1.29 is 10.0 Å². The van der Waals surface area contributed by atoms with Gasteiger partial charge < -0.3 is 10.4 Å². The van der Waals surface area contributed by atoms with Gasteiger partial charge in [0, 0.05) is 29.2 Å². The number of nitrogens with one attached hydrogen (secondary N) is 1. The minimum atomic E-state index is -0.434. The summed E-state index contributed by atoms with van der Waals surface area (Å²) in [6, 6.07) is 4.36. The molecular weight excluding hydrogens is 256 g/mol. The van der Waals surface area contributed by atoms with Gasteiger partial charge in [0.25, 0.3) is 5.69 Å². The van der Waals surface area contributed by atoms with Crippen LogP contribution in [0.15, 0.2) is 18.2 Å². The Labute approximate surface area is 111 Å². The number of halogens is 1. The molecule has 1 atom stereocenters. The van der Waals surface area contributed by atoms with Gasteiger partial charge in [0.15, 0.2) is 0 Å². The van der Waals surface area contributed by atoms with Crippen molar-refractivity contribution in [2.45, 2.75) is 26.4 Å². The van der Waals surface area contributed by atoms with Crippen molar-refractivity contribution in [1.29, 1.82) is 0 Å². The average molecular weight is 273 g/mol. The standard InChI is InChI=1S/C12H17ClN2O3/c1-8(2)11(7-16)14-6-9-5-10(13)3-4-12(9)15(17)18/h3-5,8,11,14,16H,6-7H2,1-2H3/t11-/m1/s1. The highest BCUT2D eigenvalue weighted by Crippen LogP contribution is 2.22. The lowest BCUT2D eigenvalue weighted by Crippen LogP contribution is -2.36. The van der Waals surface area contributed by atoms with Crippen LogP contribution in [-0.4, -0.2) is 22.7 Å². The lowest BCUT2D eigenvalue weighted by atomic mass is 10.0. The van der Waals surface area contributed by atoms with E-state index in [9.17, 15) is 15.2 Å². The minimum absolute atomic E-state index is 0.00791. The third-order valence-electron chi connectivity index (χ3n) is 2.79. The Morgan fingerprint density at radius 3 is 2.67 bits per heavy atom. The molecule has 18 heavy (non-hydrogen) atoms. The van der Waals surface area contributed by atoms with Crippen molar-refractivity contribution >= 4 is 17.3 Å². The zero-order chi connectivity index (χ0) is 13.7. The monoisotopic (exact) mass is 272 g/mol. The van der Waals surface area contributed by atoms with Gasteiger partial charge in [0.05, 0.1) is 11.5 Å². The number of nitro groups is 1. The molecule has 0 fully saturated rings. The van der Waals surface area contributed by atoms with Gasteiger partial charge in [-0.2, -0.15) is 0 Å². The number of rotatable bonds is 6. The van der Waals surface area contributed by atoms with Crippen LogP contribution in [0.4, 0.5) is 5.69 Å². The van der Waals surface area contributed by atoms with Gasteiger partial charge in [-0.15, -0.1) is 0 Å². The molecule has 0 heterocycles. The number of nitrogens with zero attached hydrogens (tertiary/aromatic N) is 1. The quantitative estimate of drug-likeness (QED) is 0.616. The van der Waals surface area contributed by atoms with Crippen LogP contribution >= 0.6 is 11.6 Å². The number of hydrogen-bond donors (Lipinski definition) is 2. The first-order valence-corrected chi connectivity index (χ1v) is 6.10. The Bertz CT molecular complexity index is 424. The van der Waals surface area contributed by atoms with E-state index >= 15 is 0 Å². The first kappa shape index (κ1) is 14.9. The third-order valence-corrected chi connectivity index (χ3v) is 3.03. The van der Waals surface area contributed by atoms with Crippen molar-refractivity contribution in [2.24, 2.45) is 5.92 Å². The summed E-state index contributed by atoms with van der Waals surface area (Å²) in [7, 11) is 0. The van der Waals surface area contributed by atoms with Crippen molar-refractivity contribution in [3.63, 3.8) is 0 Å². The van der Waals surface area contributed by atoms with E-state index in [2.05, 4.69) is 5.32 Å². The molecule has 0 aliphatic heterocycles. The molecule has 100 valence electrons. The van der Waals surface area contributed by atoms with Crippen molar-refractivity contribution in [1.82, 2.24) is 5.32 Å². The first-order chi connectivity index (χ1) is 8.45. The van der Waals surface area contributed by atoms with Gasteiger partial charge in [0.2, 0.25) is 0 Å². The molecule has 2 N–H and O–H groups in total. The maximum absolute atomic E-state index is 10.9. The molecule has 0 radical (unpaired) electrons. The maximum atomic E-state index is 10.9. The van der Waals surface area contributed by atoms with Gasteiger partial charge in [-0.25, -0.2) is 0 Å². The molecule has 1 aromatic rings. The van der Waals surface area contributed by atoms with E-state index in [1.54, 1.807) is 6.07 Å². The Hall–Kier alpha value is -1.17. The van der Waals surface area contributed by atoms with Crippen LogP contribution < -0.4 is 5.32 Å². The van der Waals surface area contributed by atoms with Crippen LogP contribution in [0, 0.1) is 16.0 Å². The van der Waals surface area contributed by atoms with E-state index < -0.39 is 4.92 Å². The highest BCUT2D eigenvalue weighted by atomic mass is 35.5. The van der Waals surface area contributed by atoms with E-state index in [-0.39, 0.29) is 24.3 Å². The summed E-state index contributed by atoms with van der Waals surface area (Å²) in [5.41, 5.74) is 0.555. The van der Waals surface area contributed by atoms with Gasteiger partial charge in [-0.05, 0) is 18.1 Å². The maximum Gasteiger partial charge on any atom is 0.273 e. The van der Waals surface area contributed by atoms with Gasteiger partial charge >= 0.3 is 0 Å². The third kappa shape index (κ3) is 3.94. The number of benzene rings is 1. The number of aliphatic hydroxyl groups excluding tert-OH is 1. The van der Waals surface area contributed by atoms with Crippen LogP contribution in [0.5, 0.6) is 0 Å². The molecule has 0 saturated heterocycles. The molecule has 0 unspecified atom stereocenters. The molecular formula is C12H17ClN2O3. The first-order valence-electron chi connectivity index (χ1n) is 5.72. The molecule has 5 nitrogen and oxygen atoms in total. The Morgan fingerprint density at radius 2 is 2.17 bits per heavy atom. The van der Waals surface area contributed by atoms with E-state index in [1.165, 1.54) is 12.1 Å². The molecule has 0 amide bonds. The summed E-state index contributed by atoms with van der Waals surface area (Å²) in [5.74, 6) is 0.244. The normalized spacial score (nSPS) is 12.7. The number of aliphatic hydroxyl groups is 1. The van der Waals surface area contributed by atoms with Gasteiger partial charge in [-0.1, -0.05) is 25.4 Å².